The molecule has 0 saturated carbocycles. The summed E-state index contributed by atoms with van der Waals surface area (Å²) in [6, 6.07) is 8.90. The van der Waals surface area contributed by atoms with Crippen LogP contribution in [0.25, 0.3) is 0 Å². The van der Waals surface area contributed by atoms with Crippen LogP contribution in [0.2, 0.25) is 0 Å². The number of rotatable bonds is 5. The monoisotopic (exact) mass is 311 g/mol. The number of hydrogen-bond acceptors (Lipinski definition) is 5. The Morgan fingerprint density at radius 3 is 2.74 bits per heavy atom. The maximum absolute atomic E-state index is 4.34. The quantitative estimate of drug-likeness (QED) is 0.848. The van der Waals surface area contributed by atoms with Crippen molar-refractivity contribution in [3.8, 4) is 0 Å². The fourth-order valence-electron chi connectivity index (χ4n) is 3.12. The summed E-state index contributed by atoms with van der Waals surface area (Å²) in [7, 11) is 2.23. The molecule has 122 valence electrons. The number of piperidine rings is 1. The van der Waals surface area contributed by atoms with Crippen LogP contribution in [0.4, 0.5) is 5.82 Å². The van der Waals surface area contributed by atoms with E-state index in [9.17, 15) is 0 Å². The molecular formula is C18H25N5. The van der Waals surface area contributed by atoms with E-state index in [0.29, 0.717) is 6.04 Å². The van der Waals surface area contributed by atoms with E-state index in [1.807, 2.05) is 25.4 Å². The minimum atomic E-state index is 0.577. The Morgan fingerprint density at radius 1 is 1.17 bits per heavy atom. The lowest BCUT2D eigenvalue weighted by molar-refractivity contribution is 0.217. The fraction of sp³-hybridized carbons (Fsp3) is 0.500. The van der Waals surface area contributed by atoms with Crippen molar-refractivity contribution >= 4 is 5.82 Å². The van der Waals surface area contributed by atoms with Crippen molar-refractivity contribution in [2.24, 2.45) is 0 Å². The van der Waals surface area contributed by atoms with Crippen LogP contribution < -0.4 is 4.90 Å². The number of likely N-dealkylation sites (N-methyl/N-ethyl adjacent to an activating group) is 1. The largest absolute Gasteiger partial charge is 0.354 e. The molecule has 1 unspecified atom stereocenters. The molecule has 5 nitrogen and oxygen atoms in total. The Hall–Kier alpha value is -2.01. The minimum absolute atomic E-state index is 0.577. The van der Waals surface area contributed by atoms with Crippen LogP contribution in [0.5, 0.6) is 0 Å². The molecule has 0 spiro atoms. The van der Waals surface area contributed by atoms with Gasteiger partial charge in [0.05, 0.1) is 5.69 Å². The third kappa shape index (κ3) is 4.26. The van der Waals surface area contributed by atoms with Crippen molar-refractivity contribution < 1.29 is 0 Å². The summed E-state index contributed by atoms with van der Waals surface area (Å²) >= 11 is 0. The molecule has 0 aromatic carbocycles. The van der Waals surface area contributed by atoms with Crippen LogP contribution in [0.15, 0.2) is 36.7 Å². The van der Waals surface area contributed by atoms with Crippen LogP contribution in [0.3, 0.4) is 0 Å². The second-order valence-corrected chi connectivity index (χ2v) is 6.36. The van der Waals surface area contributed by atoms with Gasteiger partial charge < -0.3 is 9.80 Å². The Bertz CT molecular complexity index is 599. The predicted molar refractivity (Wildman–Crippen MR) is 92.6 cm³/mol. The molecule has 23 heavy (non-hydrogen) atoms. The van der Waals surface area contributed by atoms with Gasteiger partial charge in [0.25, 0.3) is 0 Å². The van der Waals surface area contributed by atoms with Gasteiger partial charge in [0, 0.05) is 38.1 Å². The average molecular weight is 311 g/mol. The summed E-state index contributed by atoms with van der Waals surface area (Å²) in [5.41, 5.74) is 2.32. The van der Waals surface area contributed by atoms with Crippen molar-refractivity contribution in [1.29, 1.82) is 0 Å². The van der Waals surface area contributed by atoms with E-state index in [0.717, 1.165) is 37.6 Å². The van der Waals surface area contributed by atoms with Gasteiger partial charge in [0.15, 0.2) is 5.82 Å². The molecule has 1 fully saturated rings. The number of pyridine rings is 1. The van der Waals surface area contributed by atoms with Crippen LogP contribution >= 0.6 is 0 Å². The molecule has 0 N–H and O–H groups in total. The van der Waals surface area contributed by atoms with Crippen LogP contribution in [-0.4, -0.2) is 52.8 Å². The molecule has 0 amide bonds. The molecule has 1 saturated heterocycles. The van der Waals surface area contributed by atoms with Crippen molar-refractivity contribution in [2.45, 2.75) is 32.2 Å². The summed E-state index contributed by atoms with van der Waals surface area (Å²) in [6.45, 7) is 5.15. The first-order valence-electron chi connectivity index (χ1n) is 8.37. The van der Waals surface area contributed by atoms with Gasteiger partial charge in [-0.15, -0.1) is 5.10 Å². The molecule has 3 rings (SSSR count). The van der Waals surface area contributed by atoms with E-state index in [1.54, 1.807) is 0 Å². The minimum Gasteiger partial charge on any atom is -0.354 e. The SMILES string of the molecule is Cc1ccc(N2CCCC(N(C)CCc3ccncc3)C2)nn1. The Balaban J connectivity index is 1.56. The number of hydrogen-bond donors (Lipinski definition) is 0. The molecule has 1 atom stereocenters. The normalized spacial score (nSPS) is 18.4. The summed E-state index contributed by atoms with van der Waals surface area (Å²) in [6.07, 6.45) is 7.27. The van der Waals surface area contributed by atoms with Crippen molar-refractivity contribution in [1.82, 2.24) is 20.1 Å². The second-order valence-electron chi connectivity index (χ2n) is 6.36. The topological polar surface area (TPSA) is 45.2 Å². The molecular weight excluding hydrogens is 286 g/mol. The summed E-state index contributed by atoms with van der Waals surface area (Å²) in [5, 5.41) is 8.53. The molecule has 0 bridgehead atoms. The molecule has 5 heteroatoms. The van der Waals surface area contributed by atoms with Gasteiger partial charge in [-0.1, -0.05) is 0 Å². The number of anilines is 1. The standard InChI is InChI=1S/C18H25N5/c1-15-5-6-18(21-20-15)23-12-3-4-17(14-23)22(2)13-9-16-7-10-19-11-8-16/h5-8,10-11,17H,3-4,9,12-14H2,1-2H3. The first kappa shape index (κ1) is 15.9. The van der Waals surface area contributed by atoms with Crippen LogP contribution in [-0.2, 0) is 6.42 Å². The van der Waals surface area contributed by atoms with E-state index < -0.39 is 0 Å². The Labute approximate surface area is 138 Å². The van der Waals surface area contributed by atoms with Gasteiger partial charge in [-0.3, -0.25) is 4.98 Å². The number of aryl methyl sites for hydroxylation is 1. The zero-order chi connectivity index (χ0) is 16.1. The van der Waals surface area contributed by atoms with Gasteiger partial charge in [0.1, 0.15) is 0 Å². The zero-order valence-corrected chi connectivity index (χ0v) is 14.0. The number of aromatic nitrogens is 3. The van der Waals surface area contributed by atoms with Crippen LogP contribution in [0, 0.1) is 6.92 Å². The highest BCUT2D eigenvalue weighted by Gasteiger charge is 2.24. The Kier molecular flexibility index (Phi) is 5.18. The molecule has 3 heterocycles. The first-order chi connectivity index (χ1) is 11.2. The highest BCUT2D eigenvalue weighted by atomic mass is 15.3. The smallest absolute Gasteiger partial charge is 0.151 e. The average Bonchev–Trinajstić information content (AvgIpc) is 2.61. The van der Waals surface area contributed by atoms with Gasteiger partial charge in [-0.25, -0.2) is 0 Å². The van der Waals surface area contributed by atoms with Gasteiger partial charge in [-0.05, 0) is 63.1 Å². The lowest BCUT2D eigenvalue weighted by Crippen LogP contribution is -2.47. The molecule has 1 aliphatic rings. The maximum atomic E-state index is 4.34. The summed E-state index contributed by atoms with van der Waals surface area (Å²) in [4.78, 5) is 8.92. The molecule has 1 aliphatic heterocycles. The van der Waals surface area contributed by atoms with Gasteiger partial charge in [0.2, 0.25) is 0 Å². The van der Waals surface area contributed by atoms with E-state index in [4.69, 9.17) is 0 Å². The molecule has 2 aromatic heterocycles. The first-order valence-corrected chi connectivity index (χ1v) is 8.37. The highest BCUT2D eigenvalue weighted by molar-refractivity contribution is 5.38. The fourth-order valence-corrected chi connectivity index (χ4v) is 3.12. The lowest BCUT2D eigenvalue weighted by atomic mass is 10.0. The lowest BCUT2D eigenvalue weighted by Gasteiger charge is -2.38. The van der Waals surface area contributed by atoms with Crippen molar-refractivity contribution in [3.05, 3.63) is 47.9 Å². The third-order valence-corrected chi connectivity index (χ3v) is 4.63. The third-order valence-electron chi connectivity index (χ3n) is 4.63. The predicted octanol–water partition coefficient (Wildman–Crippen LogP) is 2.32. The van der Waals surface area contributed by atoms with E-state index in [2.05, 4.69) is 50.2 Å². The van der Waals surface area contributed by atoms with Crippen LogP contribution in [0.1, 0.15) is 24.1 Å². The summed E-state index contributed by atoms with van der Waals surface area (Å²) in [5.74, 6) is 1.00. The van der Waals surface area contributed by atoms with Gasteiger partial charge in [-0.2, -0.15) is 5.10 Å². The second kappa shape index (κ2) is 7.51. The highest BCUT2D eigenvalue weighted by Crippen LogP contribution is 2.20. The van der Waals surface area contributed by atoms with Crippen molar-refractivity contribution in [3.63, 3.8) is 0 Å². The molecule has 2 aromatic rings. The van der Waals surface area contributed by atoms with E-state index >= 15 is 0 Å². The van der Waals surface area contributed by atoms with E-state index in [-0.39, 0.29) is 0 Å². The maximum Gasteiger partial charge on any atom is 0.151 e. The zero-order valence-electron chi connectivity index (χ0n) is 14.0. The molecule has 0 radical (unpaired) electrons. The van der Waals surface area contributed by atoms with Crippen molar-refractivity contribution in [2.75, 3.05) is 31.6 Å². The Morgan fingerprint density at radius 2 is 2.00 bits per heavy atom. The van der Waals surface area contributed by atoms with E-state index in [1.165, 1.54) is 18.4 Å². The molecule has 0 aliphatic carbocycles. The van der Waals surface area contributed by atoms with Gasteiger partial charge >= 0.3 is 0 Å². The summed E-state index contributed by atoms with van der Waals surface area (Å²) < 4.78 is 0. The number of nitrogens with zero attached hydrogens (tertiary/aromatic N) is 5.